The summed E-state index contributed by atoms with van der Waals surface area (Å²) < 4.78 is 3.53. The van der Waals surface area contributed by atoms with Crippen LogP contribution < -0.4 is 5.32 Å². The fraction of sp³-hybridized carbons (Fsp3) is 0.556. The van der Waals surface area contributed by atoms with Crippen LogP contribution >= 0.6 is 0 Å². The Morgan fingerprint density at radius 2 is 1.96 bits per heavy atom. The lowest BCUT2D eigenvalue weighted by molar-refractivity contribution is -0.122. The van der Waals surface area contributed by atoms with Crippen molar-refractivity contribution in [1.29, 1.82) is 0 Å². The first-order valence-electron chi connectivity index (χ1n) is 9.00. The van der Waals surface area contributed by atoms with Crippen molar-refractivity contribution in [3.8, 4) is 0 Å². The molecule has 9 nitrogen and oxygen atoms in total. The van der Waals surface area contributed by atoms with Gasteiger partial charge >= 0.3 is 0 Å². The van der Waals surface area contributed by atoms with E-state index in [1.54, 1.807) is 24.0 Å². The van der Waals surface area contributed by atoms with Gasteiger partial charge in [-0.15, -0.1) is 0 Å². The highest BCUT2D eigenvalue weighted by Crippen LogP contribution is 2.19. The summed E-state index contributed by atoms with van der Waals surface area (Å²) in [4.78, 5) is 23.0. The minimum atomic E-state index is -0.250. The molecule has 1 saturated heterocycles. The highest BCUT2D eigenvalue weighted by molar-refractivity contribution is 5.92. The Morgan fingerprint density at radius 1 is 1.30 bits per heavy atom. The van der Waals surface area contributed by atoms with Crippen LogP contribution in [0.5, 0.6) is 0 Å². The molecule has 2 aromatic heterocycles. The summed E-state index contributed by atoms with van der Waals surface area (Å²) in [5.41, 5.74) is 3.15. The molecule has 0 saturated carbocycles. The number of nitrogens with zero attached hydrogens (tertiary/aromatic N) is 5. The highest BCUT2D eigenvalue weighted by Gasteiger charge is 2.21. The number of carboxylic acid groups (broad SMARTS) is 1. The average Bonchev–Trinajstić information content (AvgIpc) is 3.22. The van der Waals surface area contributed by atoms with E-state index in [2.05, 4.69) is 27.3 Å². The van der Waals surface area contributed by atoms with Crippen LogP contribution in [0.2, 0.25) is 0 Å². The van der Waals surface area contributed by atoms with E-state index in [9.17, 15) is 4.79 Å². The van der Waals surface area contributed by atoms with Crippen molar-refractivity contribution in [3.63, 3.8) is 0 Å². The number of piperidine rings is 1. The molecule has 3 heterocycles. The number of carbonyl (C=O) groups is 2. The molecule has 3 rings (SSSR count). The molecule has 9 heteroatoms. The van der Waals surface area contributed by atoms with Crippen LogP contribution in [0.3, 0.4) is 0 Å². The summed E-state index contributed by atoms with van der Waals surface area (Å²) in [6.45, 7) is 5.71. The fourth-order valence-corrected chi connectivity index (χ4v) is 3.21. The van der Waals surface area contributed by atoms with E-state index in [4.69, 9.17) is 9.90 Å². The van der Waals surface area contributed by atoms with Crippen molar-refractivity contribution in [3.05, 3.63) is 35.4 Å². The second kappa shape index (κ2) is 9.86. The fourth-order valence-electron chi connectivity index (χ4n) is 3.21. The van der Waals surface area contributed by atoms with Crippen molar-refractivity contribution >= 4 is 12.4 Å². The van der Waals surface area contributed by atoms with Gasteiger partial charge in [-0.1, -0.05) is 0 Å². The number of amides is 1. The van der Waals surface area contributed by atoms with Gasteiger partial charge in [0, 0.05) is 44.6 Å². The molecule has 1 aliphatic rings. The maximum atomic E-state index is 12.1. The van der Waals surface area contributed by atoms with E-state index in [0.717, 1.165) is 39.0 Å². The van der Waals surface area contributed by atoms with Crippen molar-refractivity contribution < 1.29 is 14.7 Å². The first kappa shape index (κ1) is 20.6. The van der Waals surface area contributed by atoms with Gasteiger partial charge in [0.1, 0.15) is 5.69 Å². The van der Waals surface area contributed by atoms with Crippen LogP contribution in [-0.4, -0.2) is 61.6 Å². The van der Waals surface area contributed by atoms with E-state index in [1.807, 2.05) is 17.9 Å². The number of likely N-dealkylation sites (tertiary alicyclic amines) is 1. The molecule has 0 aliphatic carbocycles. The minimum absolute atomic E-state index is 0.0385. The van der Waals surface area contributed by atoms with Gasteiger partial charge in [0.05, 0.1) is 6.20 Å². The van der Waals surface area contributed by atoms with E-state index in [1.165, 1.54) is 11.3 Å². The molecule has 1 amide bonds. The molecule has 2 aromatic rings. The molecule has 2 N–H and O–H groups in total. The zero-order chi connectivity index (χ0) is 19.8. The zero-order valence-corrected chi connectivity index (χ0v) is 16.1. The Hall–Kier alpha value is -2.68. The normalized spacial score (nSPS) is 15.1. The highest BCUT2D eigenvalue weighted by atomic mass is 16.3. The predicted molar refractivity (Wildman–Crippen MR) is 100 cm³/mol. The zero-order valence-electron chi connectivity index (χ0n) is 16.1. The lowest BCUT2D eigenvalue weighted by Gasteiger charge is -2.31. The van der Waals surface area contributed by atoms with Crippen molar-refractivity contribution in [1.82, 2.24) is 29.8 Å². The van der Waals surface area contributed by atoms with Crippen molar-refractivity contribution in [2.45, 2.75) is 26.3 Å². The Kier molecular flexibility index (Phi) is 7.54. The summed E-state index contributed by atoms with van der Waals surface area (Å²) in [6.07, 6.45) is 5.85. The average molecular weight is 376 g/mol. The smallest absolute Gasteiger partial charge is 0.290 e. The van der Waals surface area contributed by atoms with E-state index in [-0.39, 0.29) is 12.4 Å². The van der Waals surface area contributed by atoms with Crippen LogP contribution in [-0.2, 0) is 25.4 Å². The van der Waals surface area contributed by atoms with Crippen LogP contribution in [0.15, 0.2) is 18.5 Å². The molecule has 0 unspecified atom stereocenters. The molecule has 148 valence electrons. The Labute approximate surface area is 159 Å². The van der Waals surface area contributed by atoms with Gasteiger partial charge in [-0.25, -0.2) is 0 Å². The Morgan fingerprint density at radius 3 is 2.48 bits per heavy atom. The topological polar surface area (TPSA) is 105 Å². The number of aromatic nitrogens is 4. The Bertz CT molecular complexity index is 746. The first-order chi connectivity index (χ1) is 13.0. The number of aryl methyl sites for hydroxylation is 2. The lowest BCUT2D eigenvalue weighted by atomic mass is 9.96. The van der Waals surface area contributed by atoms with Crippen LogP contribution in [0.4, 0.5) is 0 Å². The van der Waals surface area contributed by atoms with Gasteiger partial charge in [0.15, 0.2) is 0 Å². The van der Waals surface area contributed by atoms with E-state index in [0.29, 0.717) is 11.6 Å². The maximum absolute atomic E-state index is 12.1. The van der Waals surface area contributed by atoms with Crippen molar-refractivity contribution in [2.75, 3.05) is 19.6 Å². The summed E-state index contributed by atoms with van der Waals surface area (Å²) in [5.74, 6) is 0.511. The van der Waals surface area contributed by atoms with Crippen LogP contribution in [0, 0.1) is 12.8 Å². The van der Waals surface area contributed by atoms with Gasteiger partial charge in [0.2, 0.25) is 0 Å². The lowest BCUT2D eigenvalue weighted by Crippen LogP contribution is -2.38. The summed E-state index contributed by atoms with van der Waals surface area (Å²) in [7, 11) is 3.77. The molecule has 0 atom stereocenters. The third kappa shape index (κ3) is 5.65. The molecule has 1 fully saturated rings. The molecule has 27 heavy (non-hydrogen) atoms. The number of rotatable bonds is 5. The second-order valence-corrected chi connectivity index (χ2v) is 6.75. The Balaban J connectivity index is 0.000000817. The molecule has 0 aromatic carbocycles. The van der Waals surface area contributed by atoms with Gasteiger partial charge < -0.3 is 10.4 Å². The van der Waals surface area contributed by atoms with Crippen LogP contribution in [0.25, 0.3) is 0 Å². The standard InChI is InChI=1S/C17H26N6O.CH2O2/c1-13-15(11-20-21(13)2)12-23-8-5-14(6-9-23)10-18-17(24)16-4-7-19-22(16)3;2-1-3/h4,7,11,14H,5-6,8-10,12H2,1-3H3,(H,18,24);1H,(H,2,3). The molecular formula is C18H28N6O3. The second-order valence-electron chi connectivity index (χ2n) is 6.75. The molecule has 0 bridgehead atoms. The van der Waals surface area contributed by atoms with Gasteiger partial charge in [0.25, 0.3) is 12.4 Å². The van der Waals surface area contributed by atoms with Gasteiger partial charge in [-0.05, 0) is 44.8 Å². The number of carbonyl (C=O) groups excluding carboxylic acids is 1. The number of hydrogen-bond acceptors (Lipinski definition) is 5. The SMILES string of the molecule is Cc1c(CN2CCC(CNC(=O)c3ccnn3C)CC2)cnn1C.O=CO. The predicted octanol–water partition coefficient (Wildman–Crippen LogP) is 0.805. The monoisotopic (exact) mass is 376 g/mol. The van der Waals surface area contributed by atoms with Crippen molar-refractivity contribution in [2.24, 2.45) is 20.0 Å². The number of nitrogens with one attached hydrogen (secondary N) is 1. The van der Waals surface area contributed by atoms with Gasteiger partial charge in [-0.2, -0.15) is 10.2 Å². The first-order valence-corrected chi connectivity index (χ1v) is 9.00. The molecule has 1 aliphatic heterocycles. The summed E-state index contributed by atoms with van der Waals surface area (Å²) >= 11 is 0. The molecule has 0 spiro atoms. The largest absolute Gasteiger partial charge is 0.483 e. The third-order valence-electron chi connectivity index (χ3n) is 5.04. The van der Waals surface area contributed by atoms with Crippen LogP contribution in [0.1, 0.15) is 34.6 Å². The third-order valence-corrected chi connectivity index (χ3v) is 5.04. The number of hydrogen-bond donors (Lipinski definition) is 2. The summed E-state index contributed by atoms with van der Waals surface area (Å²) in [6, 6.07) is 1.74. The van der Waals surface area contributed by atoms with E-state index >= 15 is 0 Å². The molecular weight excluding hydrogens is 348 g/mol. The maximum Gasteiger partial charge on any atom is 0.290 e. The minimum Gasteiger partial charge on any atom is -0.483 e. The quantitative estimate of drug-likeness (QED) is 0.748. The summed E-state index contributed by atoms with van der Waals surface area (Å²) in [5, 5.41) is 18.3. The van der Waals surface area contributed by atoms with Gasteiger partial charge in [-0.3, -0.25) is 23.9 Å². The molecule has 0 radical (unpaired) electrons. The van der Waals surface area contributed by atoms with E-state index < -0.39 is 0 Å².